The van der Waals surface area contributed by atoms with Crippen molar-refractivity contribution in [1.82, 2.24) is 9.97 Å². The number of nitrogens with two attached hydrogens (primary N) is 1. The summed E-state index contributed by atoms with van der Waals surface area (Å²) in [6, 6.07) is 6.71. The second kappa shape index (κ2) is 5.55. The van der Waals surface area contributed by atoms with Crippen molar-refractivity contribution in [3.8, 4) is 0 Å². The fourth-order valence-corrected chi connectivity index (χ4v) is 2.52. The highest BCUT2D eigenvalue weighted by atomic mass is 19.1. The standard InChI is InChI=1S/C15H18FN5/c1-2-6-18-13-9-14(20-15(17)19-13)21-7-5-10-3-4-11(16)8-12(10)21/h3-4,8-9H,2,5-7H2,1H3,(H3,17,18,19,20). The predicted molar refractivity (Wildman–Crippen MR) is 82.3 cm³/mol. The molecule has 0 atom stereocenters. The van der Waals surface area contributed by atoms with Gasteiger partial charge in [0.1, 0.15) is 17.5 Å². The van der Waals surface area contributed by atoms with Crippen LogP contribution in [0.15, 0.2) is 24.3 Å². The van der Waals surface area contributed by atoms with E-state index in [0.717, 1.165) is 37.2 Å². The first kappa shape index (κ1) is 13.6. The van der Waals surface area contributed by atoms with E-state index in [0.29, 0.717) is 11.6 Å². The molecule has 110 valence electrons. The molecule has 0 aliphatic carbocycles. The normalized spacial score (nSPS) is 13.3. The third-order valence-corrected chi connectivity index (χ3v) is 3.51. The van der Waals surface area contributed by atoms with Gasteiger partial charge in [0.05, 0.1) is 0 Å². The summed E-state index contributed by atoms with van der Waals surface area (Å²) in [6.45, 7) is 3.67. The van der Waals surface area contributed by atoms with Crippen LogP contribution in [0.5, 0.6) is 0 Å². The first-order valence-electron chi connectivity index (χ1n) is 7.12. The smallest absolute Gasteiger partial charge is 0.223 e. The van der Waals surface area contributed by atoms with Crippen molar-refractivity contribution in [3.05, 3.63) is 35.6 Å². The van der Waals surface area contributed by atoms with E-state index in [4.69, 9.17) is 5.73 Å². The molecule has 0 radical (unpaired) electrons. The van der Waals surface area contributed by atoms with E-state index in [2.05, 4.69) is 22.2 Å². The zero-order chi connectivity index (χ0) is 14.8. The monoisotopic (exact) mass is 287 g/mol. The maximum atomic E-state index is 13.5. The van der Waals surface area contributed by atoms with E-state index >= 15 is 0 Å². The van der Waals surface area contributed by atoms with E-state index < -0.39 is 0 Å². The number of nitrogens with zero attached hydrogens (tertiary/aromatic N) is 3. The highest BCUT2D eigenvalue weighted by molar-refractivity contribution is 5.69. The average Bonchev–Trinajstić information content (AvgIpc) is 2.87. The summed E-state index contributed by atoms with van der Waals surface area (Å²) >= 11 is 0. The summed E-state index contributed by atoms with van der Waals surface area (Å²) in [7, 11) is 0. The molecule has 1 aliphatic heterocycles. The van der Waals surface area contributed by atoms with Crippen LogP contribution in [0.1, 0.15) is 18.9 Å². The van der Waals surface area contributed by atoms with Gasteiger partial charge < -0.3 is 16.0 Å². The fraction of sp³-hybridized carbons (Fsp3) is 0.333. The highest BCUT2D eigenvalue weighted by Gasteiger charge is 2.22. The molecule has 3 N–H and O–H groups in total. The molecule has 1 aromatic carbocycles. The number of nitrogen functional groups attached to an aromatic ring is 1. The van der Waals surface area contributed by atoms with Crippen molar-refractivity contribution in [2.45, 2.75) is 19.8 Å². The molecule has 0 saturated heterocycles. The molecule has 21 heavy (non-hydrogen) atoms. The summed E-state index contributed by atoms with van der Waals surface area (Å²) in [4.78, 5) is 10.4. The molecular formula is C15H18FN5. The van der Waals surface area contributed by atoms with Crippen LogP contribution in [-0.2, 0) is 6.42 Å². The van der Waals surface area contributed by atoms with E-state index in [9.17, 15) is 4.39 Å². The number of anilines is 4. The zero-order valence-electron chi connectivity index (χ0n) is 11.9. The summed E-state index contributed by atoms with van der Waals surface area (Å²) in [5.74, 6) is 1.37. The topological polar surface area (TPSA) is 67.1 Å². The number of hydrogen-bond acceptors (Lipinski definition) is 5. The van der Waals surface area contributed by atoms with Crippen molar-refractivity contribution in [3.63, 3.8) is 0 Å². The SMILES string of the molecule is CCCNc1cc(N2CCc3ccc(F)cc32)nc(N)n1. The second-order valence-electron chi connectivity index (χ2n) is 5.07. The van der Waals surface area contributed by atoms with Crippen molar-refractivity contribution >= 4 is 23.3 Å². The van der Waals surface area contributed by atoms with Crippen LogP contribution in [0.25, 0.3) is 0 Å². The van der Waals surface area contributed by atoms with E-state index in [-0.39, 0.29) is 11.8 Å². The Labute approximate surface area is 123 Å². The van der Waals surface area contributed by atoms with Crippen LogP contribution in [-0.4, -0.2) is 23.1 Å². The largest absolute Gasteiger partial charge is 0.370 e. The van der Waals surface area contributed by atoms with E-state index in [1.807, 2.05) is 17.0 Å². The Bertz CT molecular complexity index is 659. The van der Waals surface area contributed by atoms with Crippen molar-refractivity contribution in [2.75, 3.05) is 29.0 Å². The second-order valence-corrected chi connectivity index (χ2v) is 5.07. The minimum atomic E-state index is -0.244. The van der Waals surface area contributed by atoms with E-state index in [1.165, 1.54) is 6.07 Å². The summed E-state index contributed by atoms with van der Waals surface area (Å²) < 4.78 is 13.5. The lowest BCUT2D eigenvalue weighted by Crippen LogP contribution is -2.17. The number of fused-ring (bicyclic) bond motifs is 1. The van der Waals surface area contributed by atoms with Gasteiger partial charge in [0, 0.05) is 24.8 Å². The van der Waals surface area contributed by atoms with Crippen LogP contribution >= 0.6 is 0 Å². The van der Waals surface area contributed by atoms with Gasteiger partial charge in [-0.3, -0.25) is 0 Å². The van der Waals surface area contributed by atoms with Crippen LogP contribution < -0.4 is 16.0 Å². The fourth-order valence-electron chi connectivity index (χ4n) is 2.52. The minimum absolute atomic E-state index is 0.218. The molecule has 2 aromatic rings. The van der Waals surface area contributed by atoms with Gasteiger partial charge in [0.15, 0.2) is 0 Å². The summed E-state index contributed by atoms with van der Waals surface area (Å²) in [5, 5.41) is 3.20. The first-order chi connectivity index (χ1) is 10.2. The Balaban J connectivity index is 1.95. The molecule has 1 aliphatic rings. The third-order valence-electron chi connectivity index (χ3n) is 3.51. The first-order valence-corrected chi connectivity index (χ1v) is 7.12. The molecule has 3 rings (SSSR count). The van der Waals surface area contributed by atoms with Gasteiger partial charge in [-0.2, -0.15) is 9.97 Å². The van der Waals surface area contributed by atoms with Gasteiger partial charge in [0.2, 0.25) is 5.95 Å². The van der Waals surface area contributed by atoms with Gasteiger partial charge in [-0.05, 0) is 30.5 Å². The van der Waals surface area contributed by atoms with E-state index in [1.54, 1.807) is 6.07 Å². The molecule has 6 heteroatoms. The lowest BCUT2D eigenvalue weighted by Gasteiger charge is -2.19. The molecule has 0 amide bonds. The number of nitrogens with one attached hydrogen (secondary N) is 1. The molecule has 2 heterocycles. The minimum Gasteiger partial charge on any atom is -0.370 e. The highest BCUT2D eigenvalue weighted by Crippen LogP contribution is 2.34. The zero-order valence-corrected chi connectivity index (χ0v) is 11.9. The number of aromatic nitrogens is 2. The van der Waals surface area contributed by atoms with Crippen molar-refractivity contribution < 1.29 is 4.39 Å². The van der Waals surface area contributed by atoms with Crippen LogP contribution in [0.3, 0.4) is 0 Å². The Morgan fingerprint density at radius 2 is 2.19 bits per heavy atom. The Hall–Kier alpha value is -2.37. The molecule has 0 spiro atoms. The Kier molecular flexibility index (Phi) is 3.60. The molecule has 1 aromatic heterocycles. The number of hydrogen-bond donors (Lipinski definition) is 2. The lowest BCUT2D eigenvalue weighted by molar-refractivity contribution is 0.628. The van der Waals surface area contributed by atoms with Gasteiger partial charge >= 0.3 is 0 Å². The van der Waals surface area contributed by atoms with Gasteiger partial charge in [0.25, 0.3) is 0 Å². The average molecular weight is 287 g/mol. The number of benzene rings is 1. The van der Waals surface area contributed by atoms with Crippen molar-refractivity contribution in [2.24, 2.45) is 0 Å². The van der Waals surface area contributed by atoms with Crippen LogP contribution in [0.4, 0.5) is 27.7 Å². The molecular weight excluding hydrogens is 269 g/mol. The molecule has 5 nitrogen and oxygen atoms in total. The van der Waals surface area contributed by atoms with Gasteiger partial charge in [-0.1, -0.05) is 13.0 Å². The van der Waals surface area contributed by atoms with Gasteiger partial charge in [-0.25, -0.2) is 4.39 Å². The molecule has 0 fully saturated rings. The summed E-state index contributed by atoms with van der Waals surface area (Å²) in [6.07, 6.45) is 1.87. The predicted octanol–water partition coefficient (Wildman–Crippen LogP) is 2.71. The molecule has 0 bridgehead atoms. The lowest BCUT2D eigenvalue weighted by atomic mass is 10.2. The third kappa shape index (κ3) is 2.74. The molecule has 0 saturated carbocycles. The quantitative estimate of drug-likeness (QED) is 0.905. The summed E-state index contributed by atoms with van der Waals surface area (Å²) in [5.41, 5.74) is 7.76. The van der Waals surface area contributed by atoms with Crippen molar-refractivity contribution in [1.29, 1.82) is 0 Å². The maximum Gasteiger partial charge on any atom is 0.223 e. The van der Waals surface area contributed by atoms with Crippen LogP contribution in [0.2, 0.25) is 0 Å². The number of rotatable bonds is 4. The maximum absolute atomic E-state index is 13.5. The van der Waals surface area contributed by atoms with Gasteiger partial charge in [-0.15, -0.1) is 0 Å². The Morgan fingerprint density at radius 3 is 3.00 bits per heavy atom. The Morgan fingerprint density at radius 1 is 1.33 bits per heavy atom. The number of halogens is 1. The van der Waals surface area contributed by atoms with Crippen LogP contribution in [0, 0.1) is 5.82 Å². The molecule has 0 unspecified atom stereocenters.